The second-order valence-corrected chi connectivity index (χ2v) is 24.5. The van der Waals surface area contributed by atoms with E-state index in [0.717, 1.165) is 89.9 Å². The Labute approximate surface area is 516 Å². The molecular formula is C77H138O6. The first-order chi connectivity index (χ1) is 41.0. The summed E-state index contributed by atoms with van der Waals surface area (Å²) in [6, 6.07) is 0. The van der Waals surface area contributed by atoms with Crippen LogP contribution >= 0.6 is 0 Å². The molecule has 1 unspecified atom stereocenters. The molecule has 0 aliphatic rings. The topological polar surface area (TPSA) is 78.9 Å². The van der Waals surface area contributed by atoms with Crippen LogP contribution in [0.25, 0.3) is 0 Å². The van der Waals surface area contributed by atoms with Gasteiger partial charge in [0.15, 0.2) is 6.10 Å². The van der Waals surface area contributed by atoms with Crippen LogP contribution in [-0.4, -0.2) is 37.2 Å². The highest BCUT2D eigenvalue weighted by atomic mass is 16.6. The van der Waals surface area contributed by atoms with Crippen molar-refractivity contribution < 1.29 is 28.6 Å². The lowest BCUT2D eigenvalue weighted by Crippen LogP contribution is -2.30. The van der Waals surface area contributed by atoms with Gasteiger partial charge < -0.3 is 14.2 Å². The number of esters is 3. The average molecular weight is 1160 g/mol. The smallest absolute Gasteiger partial charge is 0.306 e. The molecule has 1 atom stereocenters. The number of unbranched alkanes of at least 4 members (excludes halogenated alkanes) is 44. The van der Waals surface area contributed by atoms with Gasteiger partial charge in [-0.05, 0) is 116 Å². The monoisotopic (exact) mass is 1160 g/mol. The van der Waals surface area contributed by atoms with Gasteiger partial charge in [0, 0.05) is 19.3 Å². The zero-order valence-corrected chi connectivity index (χ0v) is 55.5. The zero-order chi connectivity index (χ0) is 59.9. The van der Waals surface area contributed by atoms with Gasteiger partial charge in [-0.3, -0.25) is 14.4 Å². The molecule has 0 radical (unpaired) electrons. The predicted octanol–water partition coefficient (Wildman–Crippen LogP) is 25.2. The van der Waals surface area contributed by atoms with E-state index in [1.807, 2.05) is 0 Å². The van der Waals surface area contributed by atoms with Crippen LogP contribution in [0.15, 0.2) is 72.9 Å². The third kappa shape index (κ3) is 69.5. The molecule has 0 aliphatic carbocycles. The lowest BCUT2D eigenvalue weighted by Gasteiger charge is -2.18. The summed E-state index contributed by atoms with van der Waals surface area (Å²) in [6.07, 6.45) is 93.6. The van der Waals surface area contributed by atoms with Crippen LogP contribution in [0.2, 0.25) is 0 Å². The van der Waals surface area contributed by atoms with Gasteiger partial charge in [-0.25, -0.2) is 0 Å². The predicted molar refractivity (Wildman–Crippen MR) is 362 cm³/mol. The third-order valence-corrected chi connectivity index (χ3v) is 16.2. The lowest BCUT2D eigenvalue weighted by molar-refractivity contribution is -0.167. The maximum atomic E-state index is 13.0. The van der Waals surface area contributed by atoms with Crippen LogP contribution < -0.4 is 0 Å². The first-order valence-corrected chi connectivity index (χ1v) is 36.4. The van der Waals surface area contributed by atoms with Crippen molar-refractivity contribution in [3.63, 3.8) is 0 Å². The maximum absolute atomic E-state index is 13.0. The molecule has 0 aliphatic heterocycles. The van der Waals surface area contributed by atoms with Gasteiger partial charge in [-0.1, -0.05) is 318 Å². The van der Waals surface area contributed by atoms with E-state index >= 15 is 0 Å². The van der Waals surface area contributed by atoms with Crippen molar-refractivity contribution in [3.05, 3.63) is 72.9 Å². The lowest BCUT2D eigenvalue weighted by atomic mass is 10.0. The van der Waals surface area contributed by atoms with Crippen LogP contribution in [0, 0.1) is 0 Å². The fraction of sp³-hybridized carbons (Fsp3) is 0.805. The quantitative estimate of drug-likeness (QED) is 0.0261. The summed E-state index contributed by atoms with van der Waals surface area (Å²) < 4.78 is 17.0. The van der Waals surface area contributed by atoms with Crippen LogP contribution in [0.4, 0.5) is 0 Å². The standard InChI is InChI=1S/C77H138O6/c1-4-7-10-13-16-19-22-25-28-30-32-34-36-37-38-39-41-42-44-46-49-52-55-58-61-64-67-70-76(79)82-73-74(72-81-75(78)69-66-63-60-57-54-51-48-27-24-21-18-15-12-9-6-3)83-77(80)71-68-65-62-59-56-53-50-47-45-43-40-35-33-31-29-26-23-20-17-14-11-8-5-2/h18,21-23,25-27,30-33,48,74H,4-17,19-20,24,28-29,34-47,49-73H2,1-3H3/b21-18-,25-22-,26-23-,32-30-,33-31-,48-27-. The summed E-state index contributed by atoms with van der Waals surface area (Å²) in [6.45, 7) is 6.64. The van der Waals surface area contributed by atoms with Crippen molar-refractivity contribution in [2.45, 2.75) is 386 Å². The summed E-state index contributed by atoms with van der Waals surface area (Å²) in [4.78, 5) is 38.5. The number of carbonyl (C=O) groups is 3. The largest absolute Gasteiger partial charge is 0.462 e. The van der Waals surface area contributed by atoms with Gasteiger partial charge in [-0.15, -0.1) is 0 Å². The van der Waals surface area contributed by atoms with Crippen LogP contribution in [0.1, 0.15) is 380 Å². The summed E-state index contributed by atoms with van der Waals surface area (Å²) >= 11 is 0. The molecule has 482 valence electrons. The molecule has 0 N–H and O–H groups in total. The minimum atomic E-state index is -0.784. The molecule has 0 saturated carbocycles. The summed E-state index contributed by atoms with van der Waals surface area (Å²) in [5, 5.41) is 0. The molecule has 0 spiro atoms. The number of hydrogen-bond donors (Lipinski definition) is 0. The molecule has 6 nitrogen and oxygen atoms in total. The second-order valence-electron chi connectivity index (χ2n) is 24.5. The Morgan fingerprint density at radius 1 is 0.241 bits per heavy atom. The molecule has 0 rings (SSSR count). The van der Waals surface area contributed by atoms with Crippen LogP contribution in [0.5, 0.6) is 0 Å². The first-order valence-electron chi connectivity index (χ1n) is 36.4. The molecule has 0 saturated heterocycles. The summed E-state index contributed by atoms with van der Waals surface area (Å²) in [5.41, 5.74) is 0. The van der Waals surface area contributed by atoms with Crippen molar-refractivity contribution in [3.8, 4) is 0 Å². The van der Waals surface area contributed by atoms with Gasteiger partial charge in [0.05, 0.1) is 0 Å². The fourth-order valence-electron chi connectivity index (χ4n) is 10.7. The van der Waals surface area contributed by atoms with Crippen molar-refractivity contribution in [2.75, 3.05) is 13.2 Å². The maximum Gasteiger partial charge on any atom is 0.306 e. The van der Waals surface area contributed by atoms with E-state index in [2.05, 4.69) is 93.7 Å². The zero-order valence-electron chi connectivity index (χ0n) is 55.5. The first kappa shape index (κ1) is 79.8. The Hall–Kier alpha value is -3.15. The Morgan fingerprint density at radius 2 is 0.434 bits per heavy atom. The van der Waals surface area contributed by atoms with Gasteiger partial charge >= 0.3 is 17.9 Å². The summed E-state index contributed by atoms with van der Waals surface area (Å²) in [5.74, 6) is -0.873. The minimum absolute atomic E-state index is 0.0779. The molecule has 83 heavy (non-hydrogen) atoms. The van der Waals surface area contributed by atoms with Crippen molar-refractivity contribution in [1.29, 1.82) is 0 Å². The highest BCUT2D eigenvalue weighted by molar-refractivity contribution is 5.71. The molecule has 0 fully saturated rings. The minimum Gasteiger partial charge on any atom is -0.462 e. The van der Waals surface area contributed by atoms with E-state index < -0.39 is 6.10 Å². The second kappa shape index (κ2) is 71.3. The molecule has 0 aromatic rings. The van der Waals surface area contributed by atoms with E-state index in [1.54, 1.807) is 0 Å². The third-order valence-electron chi connectivity index (χ3n) is 16.2. The molecule has 0 heterocycles. The summed E-state index contributed by atoms with van der Waals surface area (Å²) in [7, 11) is 0. The molecule has 0 amide bonds. The highest BCUT2D eigenvalue weighted by Gasteiger charge is 2.19. The number of allylic oxidation sites excluding steroid dienone is 12. The molecule has 6 heteroatoms. The van der Waals surface area contributed by atoms with Crippen LogP contribution in [-0.2, 0) is 28.6 Å². The van der Waals surface area contributed by atoms with Gasteiger partial charge in [-0.2, -0.15) is 0 Å². The number of rotatable bonds is 67. The highest BCUT2D eigenvalue weighted by Crippen LogP contribution is 2.18. The number of carbonyl (C=O) groups excluding carboxylic acids is 3. The Morgan fingerprint density at radius 3 is 0.687 bits per heavy atom. The van der Waals surface area contributed by atoms with E-state index in [4.69, 9.17) is 14.2 Å². The van der Waals surface area contributed by atoms with Gasteiger partial charge in [0.1, 0.15) is 13.2 Å². The molecule has 0 aromatic heterocycles. The van der Waals surface area contributed by atoms with Crippen molar-refractivity contribution in [1.82, 2.24) is 0 Å². The van der Waals surface area contributed by atoms with E-state index in [9.17, 15) is 14.4 Å². The van der Waals surface area contributed by atoms with E-state index in [0.29, 0.717) is 19.3 Å². The van der Waals surface area contributed by atoms with Crippen molar-refractivity contribution in [2.24, 2.45) is 0 Å². The molecular weight excluding hydrogens is 1020 g/mol. The SMILES string of the molecule is CCCCC/C=C\C/C=C\CCCCCCCC(=O)OCC(COC(=O)CCCCCCCCCCCCCCCCC/C=C\C/C=C\CCCCCCC)OC(=O)CCCCCCCCCCCCC/C=C\C/C=C\CCCCCCC. The Bertz CT molecular complexity index is 1520. The van der Waals surface area contributed by atoms with E-state index in [-0.39, 0.29) is 31.1 Å². The average Bonchev–Trinajstić information content (AvgIpc) is 3.49. The Kier molecular flexibility index (Phi) is 68.6. The molecule has 0 bridgehead atoms. The number of ether oxygens (including phenoxy) is 3. The van der Waals surface area contributed by atoms with Crippen molar-refractivity contribution >= 4 is 17.9 Å². The normalized spacial score (nSPS) is 12.5. The molecule has 0 aromatic carbocycles. The van der Waals surface area contributed by atoms with Crippen LogP contribution in [0.3, 0.4) is 0 Å². The Balaban J connectivity index is 4.29. The number of hydrogen-bond acceptors (Lipinski definition) is 6. The van der Waals surface area contributed by atoms with E-state index in [1.165, 1.54) is 250 Å². The fourth-order valence-corrected chi connectivity index (χ4v) is 10.7. The van der Waals surface area contributed by atoms with Gasteiger partial charge in [0.25, 0.3) is 0 Å². The van der Waals surface area contributed by atoms with Gasteiger partial charge in [0.2, 0.25) is 0 Å².